The van der Waals surface area contributed by atoms with E-state index in [1.165, 1.54) is 18.2 Å². The molecular weight excluding hydrogens is 274 g/mol. The van der Waals surface area contributed by atoms with Gasteiger partial charge in [-0.15, -0.1) is 0 Å². The van der Waals surface area contributed by atoms with Crippen LogP contribution in [0.2, 0.25) is 0 Å². The summed E-state index contributed by atoms with van der Waals surface area (Å²) >= 11 is 0. The smallest absolute Gasteiger partial charge is 0.341 e. The zero-order valence-electron chi connectivity index (χ0n) is 10.6. The lowest BCUT2D eigenvalue weighted by atomic mass is 10.1. The van der Waals surface area contributed by atoms with E-state index in [1.807, 2.05) is 6.92 Å². The number of nitrogens with one attached hydrogen (secondary N) is 1. The molecule has 7 heteroatoms. The van der Waals surface area contributed by atoms with Gasteiger partial charge < -0.3 is 11.1 Å². The molecule has 0 aliphatic heterocycles. The third-order valence-corrected chi connectivity index (χ3v) is 4.23. The molecule has 0 saturated heterocycles. The van der Waals surface area contributed by atoms with Crippen molar-refractivity contribution in [1.29, 1.82) is 0 Å². The van der Waals surface area contributed by atoms with E-state index in [-0.39, 0.29) is 16.6 Å². The SMILES string of the molecule is CCC(CCN)Nc1ccccc1S(=O)(=O)C(F)F. The van der Waals surface area contributed by atoms with Crippen molar-refractivity contribution in [3.8, 4) is 0 Å². The Labute approximate surface area is 111 Å². The average Bonchev–Trinajstić information content (AvgIpc) is 2.38. The molecule has 0 radical (unpaired) electrons. The monoisotopic (exact) mass is 292 g/mol. The molecule has 1 rings (SSSR count). The quantitative estimate of drug-likeness (QED) is 0.808. The number of halogens is 2. The largest absolute Gasteiger partial charge is 0.381 e. The van der Waals surface area contributed by atoms with Gasteiger partial charge in [-0.3, -0.25) is 0 Å². The zero-order chi connectivity index (χ0) is 14.5. The van der Waals surface area contributed by atoms with Crippen molar-refractivity contribution in [3.05, 3.63) is 24.3 Å². The van der Waals surface area contributed by atoms with Crippen LogP contribution in [-0.4, -0.2) is 26.8 Å². The molecule has 1 aromatic rings. The molecule has 19 heavy (non-hydrogen) atoms. The van der Waals surface area contributed by atoms with Gasteiger partial charge in [0, 0.05) is 6.04 Å². The lowest BCUT2D eigenvalue weighted by molar-refractivity contribution is 0.235. The molecule has 3 N–H and O–H groups in total. The molecule has 108 valence electrons. The van der Waals surface area contributed by atoms with Gasteiger partial charge in [0.05, 0.1) is 10.6 Å². The van der Waals surface area contributed by atoms with E-state index in [2.05, 4.69) is 5.32 Å². The first kappa shape index (κ1) is 15.8. The van der Waals surface area contributed by atoms with Crippen LogP contribution in [0.3, 0.4) is 0 Å². The van der Waals surface area contributed by atoms with E-state index < -0.39 is 15.6 Å². The number of benzene rings is 1. The highest BCUT2D eigenvalue weighted by molar-refractivity contribution is 7.91. The Balaban J connectivity index is 3.09. The van der Waals surface area contributed by atoms with E-state index in [0.29, 0.717) is 13.0 Å². The van der Waals surface area contributed by atoms with Crippen molar-refractivity contribution in [2.75, 3.05) is 11.9 Å². The standard InChI is InChI=1S/C12H18F2N2O2S/c1-2-9(7-8-15)16-10-5-3-4-6-11(10)19(17,18)12(13)14/h3-6,9,12,16H,2,7-8,15H2,1H3. The Bertz CT molecular complexity index is 506. The van der Waals surface area contributed by atoms with Gasteiger partial charge in [-0.05, 0) is 31.5 Å². The van der Waals surface area contributed by atoms with Crippen molar-refractivity contribution in [2.24, 2.45) is 5.73 Å². The molecule has 0 saturated carbocycles. The molecule has 0 spiro atoms. The summed E-state index contributed by atoms with van der Waals surface area (Å²) in [6.07, 6.45) is 1.36. The number of rotatable bonds is 7. The molecule has 0 aliphatic rings. The van der Waals surface area contributed by atoms with Crippen LogP contribution in [0.5, 0.6) is 0 Å². The Morgan fingerprint density at radius 1 is 1.32 bits per heavy atom. The first-order valence-electron chi connectivity index (χ1n) is 6.01. The summed E-state index contributed by atoms with van der Waals surface area (Å²) in [7, 11) is -4.60. The number of nitrogens with two attached hydrogens (primary N) is 1. The van der Waals surface area contributed by atoms with Crippen LogP contribution in [0, 0.1) is 0 Å². The topological polar surface area (TPSA) is 72.2 Å². The summed E-state index contributed by atoms with van der Waals surface area (Å²) in [6, 6.07) is 5.64. The van der Waals surface area contributed by atoms with Crippen LogP contribution in [-0.2, 0) is 9.84 Å². The molecule has 0 aromatic heterocycles. The van der Waals surface area contributed by atoms with Crippen LogP contribution in [0.4, 0.5) is 14.5 Å². The first-order chi connectivity index (χ1) is 8.93. The van der Waals surface area contributed by atoms with Gasteiger partial charge in [0.25, 0.3) is 0 Å². The Morgan fingerprint density at radius 3 is 2.47 bits per heavy atom. The summed E-state index contributed by atoms with van der Waals surface area (Å²) in [5.41, 5.74) is 5.65. The molecule has 1 unspecified atom stereocenters. The summed E-state index contributed by atoms with van der Waals surface area (Å²) in [5.74, 6) is -3.43. The fourth-order valence-corrected chi connectivity index (χ4v) is 2.62. The number of sulfone groups is 1. The van der Waals surface area contributed by atoms with Crippen LogP contribution in [0.25, 0.3) is 0 Å². The van der Waals surface area contributed by atoms with E-state index in [9.17, 15) is 17.2 Å². The number of hydrogen-bond donors (Lipinski definition) is 2. The van der Waals surface area contributed by atoms with Crippen molar-refractivity contribution < 1.29 is 17.2 Å². The van der Waals surface area contributed by atoms with Crippen molar-refractivity contribution in [2.45, 2.75) is 36.5 Å². The molecule has 4 nitrogen and oxygen atoms in total. The molecule has 0 bridgehead atoms. The third-order valence-electron chi connectivity index (χ3n) is 2.80. The Hall–Kier alpha value is -1.21. The van der Waals surface area contributed by atoms with Gasteiger partial charge in [0.2, 0.25) is 9.84 Å². The highest BCUT2D eigenvalue weighted by Crippen LogP contribution is 2.27. The molecular formula is C12H18F2N2O2S. The van der Waals surface area contributed by atoms with Crippen LogP contribution >= 0.6 is 0 Å². The predicted molar refractivity (Wildman–Crippen MR) is 71.0 cm³/mol. The maximum Gasteiger partial charge on any atom is 0.341 e. The second kappa shape index (κ2) is 6.81. The van der Waals surface area contributed by atoms with Crippen LogP contribution in [0.1, 0.15) is 19.8 Å². The molecule has 0 amide bonds. The van der Waals surface area contributed by atoms with E-state index >= 15 is 0 Å². The number of anilines is 1. The maximum absolute atomic E-state index is 12.6. The number of alkyl halides is 2. The molecule has 0 heterocycles. The van der Waals surface area contributed by atoms with Gasteiger partial charge >= 0.3 is 5.76 Å². The van der Waals surface area contributed by atoms with E-state index in [0.717, 1.165) is 6.42 Å². The van der Waals surface area contributed by atoms with Gasteiger partial charge in [-0.2, -0.15) is 8.78 Å². The predicted octanol–water partition coefficient (Wildman–Crippen LogP) is 2.22. The fraction of sp³-hybridized carbons (Fsp3) is 0.500. The van der Waals surface area contributed by atoms with Gasteiger partial charge in [0.1, 0.15) is 0 Å². The maximum atomic E-state index is 12.6. The summed E-state index contributed by atoms with van der Waals surface area (Å²) < 4.78 is 48.4. The molecule has 1 atom stereocenters. The highest BCUT2D eigenvalue weighted by atomic mass is 32.2. The minimum Gasteiger partial charge on any atom is -0.381 e. The zero-order valence-corrected chi connectivity index (χ0v) is 11.5. The normalized spacial score (nSPS) is 13.5. The second-order valence-corrected chi connectivity index (χ2v) is 6.01. The average molecular weight is 292 g/mol. The van der Waals surface area contributed by atoms with Crippen molar-refractivity contribution >= 4 is 15.5 Å². The van der Waals surface area contributed by atoms with E-state index in [4.69, 9.17) is 5.73 Å². The first-order valence-corrected chi connectivity index (χ1v) is 7.55. The van der Waals surface area contributed by atoms with Crippen molar-refractivity contribution in [1.82, 2.24) is 0 Å². The van der Waals surface area contributed by atoms with E-state index in [1.54, 1.807) is 6.07 Å². The lowest BCUT2D eigenvalue weighted by Crippen LogP contribution is -2.24. The summed E-state index contributed by atoms with van der Waals surface area (Å²) in [6.45, 7) is 2.35. The van der Waals surface area contributed by atoms with Gasteiger partial charge in [-0.1, -0.05) is 19.1 Å². The molecule has 1 aromatic carbocycles. The fourth-order valence-electron chi connectivity index (χ4n) is 1.73. The summed E-state index contributed by atoms with van der Waals surface area (Å²) in [5, 5.41) is 2.97. The number of hydrogen-bond acceptors (Lipinski definition) is 4. The third kappa shape index (κ3) is 3.87. The minimum absolute atomic E-state index is 0.0426. The minimum atomic E-state index is -4.60. The van der Waals surface area contributed by atoms with Crippen LogP contribution in [0.15, 0.2) is 29.2 Å². The highest BCUT2D eigenvalue weighted by Gasteiger charge is 2.29. The number of para-hydroxylation sites is 1. The summed E-state index contributed by atoms with van der Waals surface area (Å²) in [4.78, 5) is -0.375. The molecule has 0 aliphatic carbocycles. The van der Waals surface area contributed by atoms with Gasteiger partial charge in [0.15, 0.2) is 0 Å². The van der Waals surface area contributed by atoms with Gasteiger partial charge in [-0.25, -0.2) is 8.42 Å². The second-order valence-electron chi connectivity index (χ2n) is 4.13. The van der Waals surface area contributed by atoms with Crippen LogP contribution < -0.4 is 11.1 Å². The Morgan fingerprint density at radius 2 is 1.95 bits per heavy atom. The Kier molecular flexibility index (Phi) is 5.68. The lowest BCUT2D eigenvalue weighted by Gasteiger charge is -2.19. The van der Waals surface area contributed by atoms with Crippen molar-refractivity contribution in [3.63, 3.8) is 0 Å². The molecule has 0 fully saturated rings.